The van der Waals surface area contributed by atoms with Crippen molar-refractivity contribution in [1.29, 1.82) is 0 Å². The van der Waals surface area contributed by atoms with Gasteiger partial charge < -0.3 is 10.6 Å². The van der Waals surface area contributed by atoms with Crippen LogP contribution in [-0.4, -0.2) is 25.5 Å². The van der Waals surface area contributed by atoms with Crippen LogP contribution >= 0.6 is 27.3 Å². The lowest BCUT2D eigenvalue weighted by molar-refractivity contribution is 0.205. The molecule has 1 rings (SSSR count). The number of thiophene rings is 1. The van der Waals surface area contributed by atoms with Crippen molar-refractivity contribution >= 4 is 27.3 Å². The van der Waals surface area contributed by atoms with Gasteiger partial charge in [0.1, 0.15) is 0 Å². The smallest absolute Gasteiger partial charge is 0.0441 e. The number of hydrogen-bond acceptors (Lipinski definition) is 3. The Morgan fingerprint density at radius 1 is 1.50 bits per heavy atom. The van der Waals surface area contributed by atoms with E-state index in [1.165, 1.54) is 9.35 Å². The van der Waals surface area contributed by atoms with Gasteiger partial charge in [0, 0.05) is 20.8 Å². The Labute approximate surface area is 111 Å². The van der Waals surface area contributed by atoms with Crippen molar-refractivity contribution in [2.45, 2.75) is 26.3 Å². The van der Waals surface area contributed by atoms with Crippen molar-refractivity contribution in [3.8, 4) is 0 Å². The zero-order valence-electron chi connectivity index (χ0n) is 10.5. The molecule has 0 saturated heterocycles. The molecule has 4 heteroatoms. The summed E-state index contributed by atoms with van der Waals surface area (Å²) in [7, 11) is 4.26. The molecule has 2 N–H and O–H groups in total. The number of halogens is 1. The number of nitrogens with two attached hydrogens (primary N) is 1. The number of hydrogen-bond donors (Lipinski definition) is 1. The molecule has 0 amide bonds. The Kier molecular flexibility index (Phi) is 4.98. The second-order valence-corrected chi connectivity index (χ2v) is 7.08. The summed E-state index contributed by atoms with van der Waals surface area (Å²) in [5, 5.41) is 2.14. The third-order valence-corrected chi connectivity index (χ3v) is 4.63. The van der Waals surface area contributed by atoms with E-state index >= 15 is 0 Å². The second-order valence-electron chi connectivity index (χ2n) is 5.22. The van der Waals surface area contributed by atoms with Crippen molar-refractivity contribution < 1.29 is 0 Å². The van der Waals surface area contributed by atoms with Crippen LogP contribution in [0.3, 0.4) is 0 Å². The Bertz CT molecular complexity index is 334. The normalized spacial score (nSPS) is 14.4. The highest BCUT2D eigenvalue weighted by molar-refractivity contribution is 9.10. The third-order valence-electron chi connectivity index (χ3n) is 2.84. The second kappa shape index (κ2) is 5.63. The summed E-state index contributed by atoms with van der Waals surface area (Å²) < 4.78 is 1.17. The molecule has 1 aromatic heterocycles. The van der Waals surface area contributed by atoms with Crippen LogP contribution in [0.1, 0.15) is 31.2 Å². The van der Waals surface area contributed by atoms with Gasteiger partial charge in [-0.15, -0.1) is 11.3 Å². The highest BCUT2D eigenvalue weighted by Gasteiger charge is 2.25. The Morgan fingerprint density at radius 3 is 2.50 bits per heavy atom. The quantitative estimate of drug-likeness (QED) is 0.902. The highest BCUT2D eigenvalue weighted by atomic mass is 79.9. The fraction of sp³-hybridized carbons (Fsp3) is 0.667. The molecule has 0 aliphatic carbocycles. The van der Waals surface area contributed by atoms with Gasteiger partial charge in [-0.3, -0.25) is 0 Å². The van der Waals surface area contributed by atoms with Crippen molar-refractivity contribution in [3.63, 3.8) is 0 Å². The van der Waals surface area contributed by atoms with Crippen LogP contribution in [0.2, 0.25) is 0 Å². The van der Waals surface area contributed by atoms with Crippen LogP contribution < -0.4 is 5.73 Å². The predicted molar refractivity (Wildman–Crippen MR) is 75.9 cm³/mol. The van der Waals surface area contributed by atoms with E-state index in [4.69, 9.17) is 5.73 Å². The molecule has 1 atom stereocenters. The summed E-state index contributed by atoms with van der Waals surface area (Å²) in [4.78, 5) is 3.67. The van der Waals surface area contributed by atoms with Gasteiger partial charge in [0.2, 0.25) is 0 Å². The molecule has 0 aliphatic rings. The van der Waals surface area contributed by atoms with Crippen LogP contribution in [0, 0.1) is 5.41 Å². The molecule has 0 radical (unpaired) electrons. The molecule has 0 aromatic carbocycles. The van der Waals surface area contributed by atoms with Crippen molar-refractivity contribution in [2.24, 2.45) is 11.1 Å². The topological polar surface area (TPSA) is 29.3 Å². The van der Waals surface area contributed by atoms with Gasteiger partial charge >= 0.3 is 0 Å². The summed E-state index contributed by atoms with van der Waals surface area (Å²) in [6, 6.07) is 2.66. The zero-order valence-corrected chi connectivity index (χ0v) is 12.9. The van der Waals surface area contributed by atoms with Gasteiger partial charge in [-0.2, -0.15) is 0 Å². The average Bonchev–Trinajstić information content (AvgIpc) is 2.61. The van der Waals surface area contributed by atoms with E-state index in [9.17, 15) is 0 Å². The van der Waals surface area contributed by atoms with Crippen LogP contribution in [0.25, 0.3) is 0 Å². The minimum absolute atomic E-state index is 0.186. The first-order valence-corrected chi connectivity index (χ1v) is 7.13. The van der Waals surface area contributed by atoms with Crippen LogP contribution in [0.15, 0.2) is 15.9 Å². The molecule has 0 aliphatic heterocycles. The molecule has 0 fully saturated rings. The average molecular weight is 305 g/mol. The van der Waals surface area contributed by atoms with E-state index in [0.29, 0.717) is 6.04 Å². The predicted octanol–water partition coefficient (Wildman–Crippen LogP) is 3.49. The molecular formula is C12H21BrN2S. The molecule has 16 heavy (non-hydrogen) atoms. The highest BCUT2D eigenvalue weighted by Crippen LogP contribution is 2.36. The summed E-state index contributed by atoms with van der Waals surface area (Å²) >= 11 is 5.32. The molecule has 0 bridgehead atoms. The van der Waals surface area contributed by atoms with E-state index in [2.05, 4.69) is 60.2 Å². The maximum atomic E-state index is 5.81. The van der Waals surface area contributed by atoms with Crippen LogP contribution in [0.4, 0.5) is 0 Å². The summed E-state index contributed by atoms with van der Waals surface area (Å²) in [5.74, 6) is 0. The lowest BCUT2D eigenvalue weighted by Crippen LogP contribution is -2.30. The summed E-state index contributed by atoms with van der Waals surface area (Å²) in [6.45, 7) is 5.18. The Balaban J connectivity index is 2.84. The molecule has 1 heterocycles. The maximum absolute atomic E-state index is 5.81. The van der Waals surface area contributed by atoms with Gasteiger partial charge in [-0.05, 0) is 54.5 Å². The molecular weight excluding hydrogens is 284 g/mol. The summed E-state index contributed by atoms with van der Waals surface area (Å²) in [5.41, 5.74) is 6.00. The monoisotopic (exact) mass is 304 g/mol. The standard InChI is InChI=1S/C12H21BrN2S/c1-12(2,8-14)6-10(15(3)4)11-5-9(13)7-16-11/h5,7,10H,6,8,14H2,1-4H3. The van der Waals surface area contributed by atoms with Crippen LogP contribution in [0.5, 0.6) is 0 Å². The Morgan fingerprint density at radius 2 is 2.12 bits per heavy atom. The molecule has 2 nitrogen and oxygen atoms in total. The van der Waals surface area contributed by atoms with Gasteiger partial charge in [-0.25, -0.2) is 0 Å². The minimum atomic E-state index is 0.186. The molecule has 0 spiro atoms. The lowest BCUT2D eigenvalue weighted by atomic mass is 9.85. The molecule has 92 valence electrons. The first-order valence-electron chi connectivity index (χ1n) is 5.46. The zero-order chi connectivity index (χ0) is 12.3. The fourth-order valence-corrected chi connectivity index (χ4v) is 3.29. The van der Waals surface area contributed by atoms with Gasteiger partial charge in [0.15, 0.2) is 0 Å². The minimum Gasteiger partial charge on any atom is -0.330 e. The van der Waals surface area contributed by atoms with E-state index < -0.39 is 0 Å². The lowest BCUT2D eigenvalue weighted by Gasteiger charge is -2.32. The molecule has 0 saturated carbocycles. The van der Waals surface area contributed by atoms with Crippen molar-refractivity contribution in [2.75, 3.05) is 20.6 Å². The first kappa shape index (κ1) is 14.2. The molecule has 1 aromatic rings. The number of nitrogens with zero attached hydrogens (tertiary/aromatic N) is 1. The SMILES string of the molecule is CN(C)C(CC(C)(C)CN)c1cc(Br)cs1. The maximum Gasteiger partial charge on any atom is 0.0441 e. The van der Waals surface area contributed by atoms with Crippen molar-refractivity contribution in [3.05, 3.63) is 20.8 Å². The largest absolute Gasteiger partial charge is 0.330 e. The van der Waals surface area contributed by atoms with E-state index in [0.717, 1.165) is 13.0 Å². The fourth-order valence-electron chi connectivity index (χ4n) is 1.65. The van der Waals surface area contributed by atoms with Gasteiger partial charge in [0.25, 0.3) is 0 Å². The number of rotatable bonds is 5. The third kappa shape index (κ3) is 3.84. The van der Waals surface area contributed by atoms with Crippen LogP contribution in [-0.2, 0) is 0 Å². The van der Waals surface area contributed by atoms with E-state index in [1.54, 1.807) is 0 Å². The van der Waals surface area contributed by atoms with Gasteiger partial charge in [-0.1, -0.05) is 13.8 Å². The van der Waals surface area contributed by atoms with E-state index in [1.807, 2.05) is 11.3 Å². The van der Waals surface area contributed by atoms with Gasteiger partial charge in [0.05, 0.1) is 0 Å². The summed E-state index contributed by atoms with van der Waals surface area (Å²) in [6.07, 6.45) is 1.09. The molecule has 1 unspecified atom stereocenters. The van der Waals surface area contributed by atoms with Crippen molar-refractivity contribution in [1.82, 2.24) is 4.90 Å². The Hall–Kier alpha value is 0.1000. The first-order chi connectivity index (χ1) is 7.35. The van der Waals surface area contributed by atoms with E-state index in [-0.39, 0.29) is 5.41 Å².